The van der Waals surface area contributed by atoms with Gasteiger partial charge in [0.15, 0.2) is 6.10 Å². The first-order valence-electron chi connectivity index (χ1n) is 32.2. The van der Waals surface area contributed by atoms with Crippen molar-refractivity contribution in [3.05, 3.63) is 97.2 Å². The summed E-state index contributed by atoms with van der Waals surface area (Å²) >= 11 is 0. The van der Waals surface area contributed by atoms with E-state index < -0.39 is 6.10 Å². The van der Waals surface area contributed by atoms with E-state index in [0.717, 1.165) is 116 Å². The summed E-state index contributed by atoms with van der Waals surface area (Å²) in [6.45, 7) is 6.49. The predicted molar refractivity (Wildman–Crippen MR) is 330 cm³/mol. The Labute approximate surface area is 470 Å². The van der Waals surface area contributed by atoms with Crippen molar-refractivity contribution in [3.8, 4) is 0 Å². The molecule has 0 aliphatic heterocycles. The van der Waals surface area contributed by atoms with Crippen molar-refractivity contribution < 1.29 is 28.6 Å². The zero-order chi connectivity index (χ0) is 55.0. The molecule has 0 saturated carbocycles. The summed E-state index contributed by atoms with van der Waals surface area (Å²) < 4.78 is 16.9. The van der Waals surface area contributed by atoms with E-state index >= 15 is 0 Å². The number of rotatable bonds is 58. The molecule has 6 heteroatoms. The second kappa shape index (κ2) is 63.9. The van der Waals surface area contributed by atoms with Crippen LogP contribution in [0.3, 0.4) is 0 Å². The molecule has 0 radical (unpaired) electrons. The molecule has 0 aliphatic rings. The largest absolute Gasteiger partial charge is 0.462 e. The van der Waals surface area contributed by atoms with Crippen molar-refractivity contribution in [1.82, 2.24) is 0 Å². The highest BCUT2D eigenvalue weighted by atomic mass is 16.6. The predicted octanol–water partition coefficient (Wildman–Crippen LogP) is 22.0. The van der Waals surface area contributed by atoms with Crippen molar-refractivity contribution in [1.29, 1.82) is 0 Å². The molecule has 0 rings (SSSR count). The fraction of sp³-hybridized carbons (Fsp3) is 0.729. The molecule has 0 heterocycles. The van der Waals surface area contributed by atoms with Crippen LogP contribution in [0.25, 0.3) is 0 Å². The second-order valence-corrected chi connectivity index (χ2v) is 21.3. The lowest BCUT2D eigenvalue weighted by Crippen LogP contribution is -2.30. The van der Waals surface area contributed by atoms with Gasteiger partial charge in [0.1, 0.15) is 13.2 Å². The Balaban J connectivity index is 4.30. The molecule has 0 fully saturated rings. The summed E-state index contributed by atoms with van der Waals surface area (Å²) in [5.41, 5.74) is 0. The lowest BCUT2D eigenvalue weighted by Gasteiger charge is -2.18. The van der Waals surface area contributed by atoms with Crippen molar-refractivity contribution >= 4 is 17.9 Å². The lowest BCUT2D eigenvalue weighted by molar-refractivity contribution is -0.167. The fourth-order valence-electron chi connectivity index (χ4n) is 8.97. The van der Waals surface area contributed by atoms with Gasteiger partial charge in [0.2, 0.25) is 0 Å². The minimum Gasteiger partial charge on any atom is -0.462 e. The van der Waals surface area contributed by atoms with Crippen LogP contribution in [-0.4, -0.2) is 37.2 Å². The molecule has 0 spiro atoms. The Morgan fingerprint density at radius 1 is 0.276 bits per heavy atom. The minimum absolute atomic E-state index is 0.0864. The molecule has 0 aliphatic carbocycles. The van der Waals surface area contributed by atoms with Crippen LogP contribution < -0.4 is 0 Å². The summed E-state index contributed by atoms with van der Waals surface area (Å²) in [4.78, 5) is 38.3. The summed E-state index contributed by atoms with van der Waals surface area (Å²) in [5, 5.41) is 0. The van der Waals surface area contributed by atoms with Gasteiger partial charge in [0.25, 0.3) is 0 Å². The third kappa shape index (κ3) is 61.2. The van der Waals surface area contributed by atoms with Crippen LogP contribution in [0, 0.1) is 0 Å². The molecule has 0 aromatic rings. The SMILES string of the molecule is CC/C=C\C/C=C\C/C=C\C/C=C\CCCCCCCCC(=O)OC(COC(=O)CCCCCCC/C=C\CCCCC)COC(=O)CCCCCCCCCCCCCC/C=C\C/C=C\C/C=C\CCCCCCC. The average molecular weight is 1060 g/mol. The summed E-state index contributed by atoms with van der Waals surface area (Å²) in [7, 11) is 0. The van der Waals surface area contributed by atoms with Gasteiger partial charge in [-0.3, -0.25) is 14.4 Å². The van der Waals surface area contributed by atoms with Gasteiger partial charge in [0.05, 0.1) is 0 Å². The van der Waals surface area contributed by atoms with E-state index in [1.165, 1.54) is 154 Å². The van der Waals surface area contributed by atoms with E-state index in [9.17, 15) is 14.4 Å². The normalized spacial score (nSPS) is 12.7. The number of unbranched alkanes of at least 4 members (excludes halogenated alkanes) is 31. The lowest BCUT2D eigenvalue weighted by atomic mass is 10.0. The molecule has 0 aromatic heterocycles. The van der Waals surface area contributed by atoms with Crippen molar-refractivity contribution in [2.45, 2.75) is 316 Å². The van der Waals surface area contributed by atoms with Crippen LogP contribution in [0.15, 0.2) is 97.2 Å². The Bertz CT molecular complexity index is 1490. The molecule has 436 valence electrons. The molecule has 6 nitrogen and oxygen atoms in total. The zero-order valence-electron chi connectivity index (χ0n) is 50.0. The van der Waals surface area contributed by atoms with E-state index in [1.54, 1.807) is 0 Å². The summed E-state index contributed by atoms with van der Waals surface area (Å²) in [5.74, 6) is -0.904. The minimum atomic E-state index is -0.791. The monoisotopic (exact) mass is 1060 g/mol. The van der Waals surface area contributed by atoms with Gasteiger partial charge in [-0.2, -0.15) is 0 Å². The van der Waals surface area contributed by atoms with E-state index in [2.05, 4.69) is 118 Å². The average Bonchev–Trinajstić information content (AvgIpc) is 3.42. The highest BCUT2D eigenvalue weighted by Gasteiger charge is 2.19. The quantitative estimate of drug-likeness (QED) is 0.0261. The second-order valence-electron chi connectivity index (χ2n) is 21.3. The maximum absolute atomic E-state index is 12.9. The van der Waals surface area contributed by atoms with E-state index in [4.69, 9.17) is 14.2 Å². The first-order chi connectivity index (χ1) is 37.5. The van der Waals surface area contributed by atoms with Gasteiger partial charge < -0.3 is 14.2 Å². The van der Waals surface area contributed by atoms with Gasteiger partial charge in [-0.1, -0.05) is 266 Å². The zero-order valence-corrected chi connectivity index (χ0v) is 50.0. The highest BCUT2D eigenvalue weighted by Crippen LogP contribution is 2.16. The van der Waals surface area contributed by atoms with Crippen LogP contribution in [0.1, 0.15) is 310 Å². The maximum Gasteiger partial charge on any atom is 0.306 e. The van der Waals surface area contributed by atoms with Crippen LogP contribution in [0.4, 0.5) is 0 Å². The van der Waals surface area contributed by atoms with E-state index in [1.807, 2.05) is 0 Å². The molecule has 1 unspecified atom stereocenters. The first kappa shape index (κ1) is 72.3. The molecule has 0 saturated heterocycles. The molecule has 76 heavy (non-hydrogen) atoms. The highest BCUT2D eigenvalue weighted by molar-refractivity contribution is 5.71. The topological polar surface area (TPSA) is 78.9 Å². The van der Waals surface area contributed by atoms with E-state index in [-0.39, 0.29) is 31.1 Å². The van der Waals surface area contributed by atoms with E-state index in [0.29, 0.717) is 19.3 Å². The molecule has 0 amide bonds. The summed E-state index contributed by atoms with van der Waals surface area (Å²) in [6.07, 6.45) is 85.6. The van der Waals surface area contributed by atoms with Gasteiger partial charge >= 0.3 is 17.9 Å². The van der Waals surface area contributed by atoms with Crippen LogP contribution in [-0.2, 0) is 28.6 Å². The Kier molecular flexibility index (Phi) is 60.8. The molecule has 0 bridgehead atoms. The molecule has 0 N–H and O–H groups in total. The van der Waals surface area contributed by atoms with Gasteiger partial charge in [0, 0.05) is 19.3 Å². The fourth-order valence-corrected chi connectivity index (χ4v) is 8.97. The Morgan fingerprint density at radius 2 is 0.513 bits per heavy atom. The number of carbonyl (C=O) groups excluding carboxylic acids is 3. The van der Waals surface area contributed by atoms with Crippen LogP contribution in [0.2, 0.25) is 0 Å². The first-order valence-corrected chi connectivity index (χ1v) is 32.2. The van der Waals surface area contributed by atoms with Crippen LogP contribution >= 0.6 is 0 Å². The number of hydrogen-bond acceptors (Lipinski definition) is 6. The Hall–Kier alpha value is -3.67. The number of carbonyl (C=O) groups is 3. The third-order valence-electron chi connectivity index (χ3n) is 13.8. The molecule has 1 atom stereocenters. The standard InChI is InChI=1S/C70H120O6/c1-4-7-10-13-16-19-22-25-27-29-31-32-33-34-35-36-37-38-40-41-43-45-48-51-54-57-60-63-69(72)75-66-67(65-74-68(71)62-59-56-53-50-47-24-21-18-15-12-9-6-3)76-70(73)64-61-58-55-52-49-46-44-42-39-30-28-26-23-20-17-14-11-8-5-2/h8,11,17-18,20-22,25-26,28-29,31,33-34,39,42,67H,4-7,9-10,12-16,19,23-24,27,30,32,35-38,40-41,43-66H2,1-3H3/b11-8-,20-17-,21-18-,25-22-,28-26-,31-29-,34-33-,42-39-. The van der Waals surface area contributed by atoms with Crippen molar-refractivity contribution in [2.24, 2.45) is 0 Å². The Morgan fingerprint density at radius 3 is 0.842 bits per heavy atom. The molecular weight excluding hydrogens is 937 g/mol. The van der Waals surface area contributed by atoms with Crippen molar-refractivity contribution in [2.75, 3.05) is 13.2 Å². The van der Waals surface area contributed by atoms with Gasteiger partial charge in [-0.15, -0.1) is 0 Å². The van der Waals surface area contributed by atoms with Crippen LogP contribution in [0.5, 0.6) is 0 Å². The van der Waals surface area contributed by atoms with Gasteiger partial charge in [-0.05, 0) is 122 Å². The van der Waals surface area contributed by atoms with Gasteiger partial charge in [-0.25, -0.2) is 0 Å². The number of allylic oxidation sites excluding steroid dienone is 16. The number of esters is 3. The molecular formula is C70H120O6. The smallest absolute Gasteiger partial charge is 0.306 e. The number of ether oxygens (including phenoxy) is 3. The maximum atomic E-state index is 12.9. The molecule has 0 aromatic carbocycles. The summed E-state index contributed by atoms with van der Waals surface area (Å²) in [6, 6.07) is 0. The van der Waals surface area contributed by atoms with Crippen molar-refractivity contribution in [3.63, 3.8) is 0 Å². The third-order valence-corrected chi connectivity index (χ3v) is 13.8. The number of hydrogen-bond donors (Lipinski definition) is 0.